The Labute approximate surface area is 207 Å². The molecule has 1 saturated heterocycles. The molecule has 0 unspecified atom stereocenters. The number of likely N-dealkylation sites (tertiary alicyclic amines) is 1. The number of halogens is 1. The summed E-state index contributed by atoms with van der Waals surface area (Å²) in [7, 11) is -3.54. The molecule has 34 heavy (non-hydrogen) atoms. The fraction of sp³-hybridized carbons (Fsp3) is 0.600. The van der Waals surface area contributed by atoms with Gasteiger partial charge >= 0.3 is 0 Å². The van der Waals surface area contributed by atoms with Crippen molar-refractivity contribution in [3.8, 4) is 0 Å². The van der Waals surface area contributed by atoms with Crippen LogP contribution in [-0.4, -0.2) is 54.2 Å². The number of nitrogens with zero attached hydrogens (tertiary/aromatic N) is 3. The highest BCUT2D eigenvalue weighted by Gasteiger charge is 2.43. The Hall–Kier alpha value is -1.90. The number of amides is 1. The summed E-state index contributed by atoms with van der Waals surface area (Å²) in [5.41, 5.74) is 1.01. The number of aromatic nitrogens is 2. The standard InChI is InChI=1S/C25H35ClN4O3S/c1-34(32,33)28-23(17-20-7-9-22(26)10-8-20)24(31)30-14-11-25(12-15-30,18-29-16-13-27-19-29)21-5-3-2-4-6-21/h7-10,13,16,19,21,23,28H,2-6,11-12,14-15,17-18H2,1H3/t23-/m0/s1. The molecule has 2 aromatic rings. The molecule has 7 nitrogen and oxygen atoms in total. The first-order valence-corrected chi connectivity index (χ1v) is 14.5. The van der Waals surface area contributed by atoms with Crippen molar-refractivity contribution in [3.63, 3.8) is 0 Å². The molecule has 4 rings (SSSR count). The van der Waals surface area contributed by atoms with Gasteiger partial charge in [0.15, 0.2) is 0 Å². The Balaban J connectivity index is 1.48. The van der Waals surface area contributed by atoms with E-state index < -0.39 is 16.1 Å². The third-order valence-electron chi connectivity index (χ3n) is 7.61. The third-order valence-corrected chi connectivity index (χ3v) is 8.57. The van der Waals surface area contributed by atoms with Gasteiger partial charge < -0.3 is 9.47 Å². The summed E-state index contributed by atoms with van der Waals surface area (Å²) in [6.45, 7) is 2.22. The van der Waals surface area contributed by atoms with Crippen molar-refractivity contribution >= 4 is 27.5 Å². The third kappa shape index (κ3) is 6.40. The number of hydrogen-bond acceptors (Lipinski definition) is 4. The average molecular weight is 507 g/mol. The van der Waals surface area contributed by atoms with Gasteiger partial charge in [0.05, 0.1) is 12.6 Å². The second-order valence-electron chi connectivity index (χ2n) is 10.0. The number of benzene rings is 1. The number of carbonyl (C=O) groups is 1. The van der Waals surface area contributed by atoms with E-state index in [0.29, 0.717) is 30.5 Å². The van der Waals surface area contributed by atoms with Crippen molar-refractivity contribution in [3.05, 3.63) is 53.6 Å². The molecule has 1 aliphatic heterocycles. The fourth-order valence-electron chi connectivity index (χ4n) is 5.84. The van der Waals surface area contributed by atoms with Crippen molar-refractivity contribution in [2.45, 2.75) is 64.0 Å². The Morgan fingerprint density at radius 3 is 2.44 bits per heavy atom. The first kappa shape index (κ1) is 25.2. The lowest BCUT2D eigenvalue weighted by atomic mass is 9.63. The van der Waals surface area contributed by atoms with Gasteiger partial charge in [-0.3, -0.25) is 4.79 Å². The summed E-state index contributed by atoms with van der Waals surface area (Å²) >= 11 is 5.99. The van der Waals surface area contributed by atoms with Crippen LogP contribution in [0.2, 0.25) is 5.02 Å². The predicted octanol–water partition coefficient (Wildman–Crippen LogP) is 3.89. The Morgan fingerprint density at radius 1 is 1.18 bits per heavy atom. The Bertz CT molecular complexity index is 1040. The number of nitrogens with one attached hydrogen (secondary N) is 1. The molecule has 0 bridgehead atoms. The second-order valence-corrected chi connectivity index (χ2v) is 12.2. The highest BCUT2D eigenvalue weighted by Crippen LogP contribution is 2.47. The maximum Gasteiger partial charge on any atom is 0.241 e. The van der Waals surface area contributed by atoms with Gasteiger partial charge in [-0.1, -0.05) is 43.0 Å². The number of hydrogen-bond donors (Lipinski definition) is 1. The van der Waals surface area contributed by atoms with E-state index in [2.05, 4.69) is 14.3 Å². The monoisotopic (exact) mass is 506 g/mol. The molecule has 1 aromatic carbocycles. The molecule has 2 fully saturated rings. The molecule has 2 aliphatic rings. The maximum atomic E-state index is 13.5. The van der Waals surface area contributed by atoms with E-state index in [1.54, 1.807) is 12.1 Å². The van der Waals surface area contributed by atoms with E-state index in [0.717, 1.165) is 31.2 Å². The molecule has 1 aliphatic carbocycles. The summed E-state index contributed by atoms with van der Waals surface area (Å²) in [5.74, 6) is 0.500. The molecule has 0 spiro atoms. The van der Waals surface area contributed by atoms with E-state index in [9.17, 15) is 13.2 Å². The lowest BCUT2D eigenvalue weighted by molar-refractivity contribution is -0.136. The van der Waals surface area contributed by atoms with Crippen LogP contribution in [-0.2, 0) is 27.8 Å². The molecule has 1 atom stereocenters. The Morgan fingerprint density at radius 2 is 1.85 bits per heavy atom. The van der Waals surface area contributed by atoms with Gasteiger partial charge in [-0.2, -0.15) is 0 Å². The molecule has 1 N–H and O–H groups in total. The van der Waals surface area contributed by atoms with Crippen LogP contribution in [0.4, 0.5) is 0 Å². The first-order valence-electron chi connectivity index (χ1n) is 12.2. The molecule has 0 radical (unpaired) electrons. The van der Waals surface area contributed by atoms with Crippen LogP contribution >= 0.6 is 11.6 Å². The minimum absolute atomic E-state index is 0.147. The largest absolute Gasteiger partial charge is 0.341 e. The number of carbonyl (C=O) groups excluding carboxylic acids is 1. The van der Waals surface area contributed by atoms with Gasteiger partial charge in [-0.15, -0.1) is 0 Å². The van der Waals surface area contributed by atoms with E-state index in [1.165, 1.54) is 32.1 Å². The first-order chi connectivity index (χ1) is 16.2. The van der Waals surface area contributed by atoms with E-state index in [4.69, 9.17) is 11.6 Å². The zero-order valence-electron chi connectivity index (χ0n) is 19.8. The van der Waals surface area contributed by atoms with Crippen molar-refractivity contribution in [1.29, 1.82) is 0 Å². The van der Waals surface area contributed by atoms with E-state index in [1.807, 2.05) is 35.8 Å². The molecule has 1 amide bonds. The molecule has 9 heteroatoms. The second kappa shape index (κ2) is 10.8. The molecule has 186 valence electrons. The van der Waals surface area contributed by atoms with Gasteiger partial charge in [0, 0.05) is 37.1 Å². The zero-order chi connectivity index (χ0) is 24.2. The number of piperidine rings is 1. The van der Waals surface area contributed by atoms with Crippen LogP contribution < -0.4 is 4.72 Å². The molecular weight excluding hydrogens is 472 g/mol. The lowest BCUT2D eigenvalue weighted by Crippen LogP contribution is -2.54. The van der Waals surface area contributed by atoms with Crippen LogP contribution in [0.3, 0.4) is 0 Å². The number of imidazole rings is 1. The maximum absolute atomic E-state index is 13.5. The quantitative estimate of drug-likeness (QED) is 0.588. The van der Waals surface area contributed by atoms with Gasteiger partial charge in [-0.05, 0) is 61.1 Å². The predicted molar refractivity (Wildman–Crippen MR) is 134 cm³/mol. The van der Waals surface area contributed by atoms with Gasteiger partial charge in [0.1, 0.15) is 6.04 Å². The van der Waals surface area contributed by atoms with E-state index in [-0.39, 0.29) is 11.3 Å². The van der Waals surface area contributed by atoms with E-state index >= 15 is 0 Å². The SMILES string of the molecule is CS(=O)(=O)N[C@@H](Cc1ccc(Cl)cc1)C(=O)N1CCC(Cn2ccnc2)(C2CCCCC2)CC1. The molecule has 1 aromatic heterocycles. The van der Waals surface area contributed by atoms with Gasteiger partial charge in [0.2, 0.25) is 15.9 Å². The highest BCUT2D eigenvalue weighted by atomic mass is 35.5. The summed E-state index contributed by atoms with van der Waals surface area (Å²) in [4.78, 5) is 19.6. The highest BCUT2D eigenvalue weighted by molar-refractivity contribution is 7.88. The van der Waals surface area contributed by atoms with Crippen LogP contribution in [0.15, 0.2) is 43.0 Å². The Kier molecular flexibility index (Phi) is 8.00. The van der Waals surface area contributed by atoms with Gasteiger partial charge in [-0.25, -0.2) is 18.1 Å². The smallest absolute Gasteiger partial charge is 0.241 e. The van der Waals surface area contributed by atoms with Gasteiger partial charge in [0.25, 0.3) is 0 Å². The minimum atomic E-state index is -3.54. The van der Waals surface area contributed by atoms with Crippen molar-refractivity contribution in [1.82, 2.24) is 19.2 Å². The van der Waals surface area contributed by atoms with Crippen molar-refractivity contribution in [2.75, 3.05) is 19.3 Å². The fourth-order valence-corrected chi connectivity index (χ4v) is 6.67. The zero-order valence-corrected chi connectivity index (χ0v) is 21.4. The minimum Gasteiger partial charge on any atom is -0.341 e. The van der Waals surface area contributed by atoms with Crippen molar-refractivity contribution in [2.24, 2.45) is 11.3 Å². The van der Waals surface area contributed by atoms with Crippen LogP contribution in [0.5, 0.6) is 0 Å². The summed E-state index contributed by atoms with van der Waals surface area (Å²) < 4.78 is 28.9. The van der Waals surface area contributed by atoms with Crippen LogP contribution in [0.1, 0.15) is 50.5 Å². The van der Waals surface area contributed by atoms with Crippen molar-refractivity contribution < 1.29 is 13.2 Å². The summed E-state index contributed by atoms with van der Waals surface area (Å²) in [6, 6.07) is 6.36. The lowest BCUT2D eigenvalue weighted by Gasteiger charge is -2.48. The van der Waals surface area contributed by atoms with Crippen LogP contribution in [0, 0.1) is 11.3 Å². The molecule has 1 saturated carbocycles. The normalized spacial score (nSPS) is 20.2. The van der Waals surface area contributed by atoms with Crippen LogP contribution in [0.25, 0.3) is 0 Å². The average Bonchev–Trinajstić information content (AvgIpc) is 3.33. The topological polar surface area (TPSA) is 84.3 Å². The molecular formula is C25H35ClN4O3S. The number of sulfonamides is 1. The molecule has 2 heterocycles. The summed E-state index contributed by atoms with van der Waals surface area (Å²) in [5, 5.41) is 0.607. The number of rotatable bonds is 8. The summed E-state index contributed by atoms with van der Waals surface area (Å²) in [6.07, 6.45) is 15.4.